The van der Waals surface area contributed by atoms with E-state index in [4.69, 9.17) is 0 Å². The van der Waals surface area contributed by atoms with Gasteiger partial charge in [-0.05, 0) is 39.2 Å². The summed E-state index contributed by atoms with van der Waals surface area (Å²) in [5.74, 6) is 0.692. The van der Waals surface area contributed by atoms with Crippen molar-refractivity contribution in [3.8, 4) is 0 Å². The van der Waals surface area contributed by atoms with Gasteiger partial charge in [-0.1, -0.05) is 32.1 Å². The molecule has 6 heteroatoms. The SMILES string of the molecule is Cc1c(CN(C)C[C@]2(O)CCCN(CCC3CCCCC3)C2=O)cnn1C. The first kappa shape index (κ1) is 20.3. The van der Waals surface area contributed by atoms with Crippen molar-refractivity contribution in [1.29, 1.82) is 0 Å². The largest absolute Gasteiger partial charge is 0.379 e. The number of likely N-dealkylation sites (tertiary alicyclic amines) is 1. The normalized spacial score (nSPS) is 24.8. The Labute approximate surface area is 163 Å². The summed E-state index contributed by atoms with van der Waals surface area (Å²) in [6.07, 6.45) is 11.0. The van der Waals surface area contributed by atoms with Crippen molar-refractivity contribution in [2.24, 2.45) is 13.0 Å². The second-order valence-corrected chi connectivity index (χ2v) is 8.77. The zero-order chi connectivity index (χ0) is 19.4. The molecule has 1 saturated carbocycles. The van der Waals surface area contributed by atoms with Crippen LogP contribution in [0.3, 0.4) is 0 Å². The maximum atomic E-state index is 13.0. The van der Waals surface area contributed by atoms with Crippen LogP contribution in [0.1, 0.15) is 62.6 Å². The maximum absolute atomic E-state index is 13.0. The molecule has 2 heterocycles. The van der Waals surface area contributed by atoms with Crippen LogP contribution in [0.2, 0.25) is 0 Å². The van der Waals surface area contributed by atoms with Gasteiger partial charge in [-0.2, -0.15) is 5.10 Å². The van der Waals surface area contributed by atoms with Crippen molar-refractivity contribution in [2.75, 3.05) is 26.7 Å². The van der Waals surface area contributed by atoms with E-state index in [2.05, 4.69) is 5.10 Å². The average Bonchev–Trinajstić information content (AvgIpc) is 2.96. The second-order valence-electron chi connectivity index (χ2n) is 8.77. The van der Waals surface area contributed by atoms with Gasteiger partial charge in [-0.25, -0.2) is 0 Å². The number of aryl methyl sites for hydroxylation is 1. The van der Waals surface area contributed by atoms with Gasteiger partial charge < -0.3 is 10.0 Å². The smallest absolute Gasteiger partial charge is 0.255 e. The van der Waals surface area contributed by atoms with Gasteiger partial charge in [0.25, 0.3) is 5.91 Å². The van der Waals surface area contributed by atoms with E-state index in [0.29, 0.717) is 19.5 Å². The highest BCUT2D eigenvalue weighted by Crippen LogP contribution is 2.29. The third-order valence-electron chi connectivity index (χ3n) is 6.54. The van der Waals surface area contributed by atoms with Crippen molar-refractivity contribution in [1.82, 2.24) is 19.6 Å². The summed E-state index contributed by atoms with van der Waals surface area (Å²) in [5.41, 5.74) is 1.01. The van der Waals surface area contributed by atoms with E-state index in [1.54, 1.807) is 0 Å². The van der Waals surface area contributed by atoms with E-state index < -0.39 is 5.60 Å². The van der Waals surface area contributed by atoms with Gasteiger partial charge in [0.2, 0.25) is 0 Å². The Hall–Kier alpha value is -1.40. The number of nitrogens with zero attached hydrogens (tertiary/aromatic N) is 4. The molecule has 3 rings (SSSR count). The molecule has 0 aromatic carbocycles. The van der Waals surface area contributed by atoms with E-state index in [1.165, 1.54) is 32.1 Å². The molecule has 152 valence electrons. The van der Waals surface area contributed by atoms with Crippen molar-refractivity contribution < 1.29 is 9.90 Å². The van der Waals surface area contributed by atoms with Gasteiger partial charge in [-0.3, -0.25) is 14.4 Å². The van der Waals surface area contributed by atoms with Crippen LogP contribution >= 0.6 is 0 Å². The standard InChI is InChI=1S/C21H36N4O2/c1-17-19(14-22-24(17)3)15-23(2)16-21(27)11-7-12-25(20(21)26)13-10-18-8-5-4-6-9-18/h14,18,27H,4-13,15-16H2,1-3H3/t21-/m1/s1. The quantitative estimate of drug-likeness (QED) is 0.794. The first-order valence-corrected chi connectivity index (χ1v) is 10.6. The van der Waals surface area contributed by atoms with Crippen molar-refractivity contribution in [3.05, 3.63) is 17.5 Å². The molecule has 0 unspecified atom stereocenters. The Morgan fingerprint density at radius 3 is 2.70 bits per heavy atom. The van der Waals surface area contributed by atoms with E-state index in [1.807, 2.05) is 41.7 Å². The summed E-state index contributed by atoms with van der Waals surface area (Å²) in [4.78, 5) is 17.0. The molecule has 1 atom stereocenters. The third-order valence-corrected chi connectivity index (χ3v) is 6.54. The van der Waals surface area contributed by atoms with Gasteiger partial charge in [0.05, 0.1) is 6.20 Å². The molecule has 1 aromatic rings. The van der Waals surface area contributed by atoms with E-state index in [-0.39, 0.29) is 5.91 Å². The van der Waals surface area contributed by atoms with E-state index >= 15 is 0 Å². The van der Waals surface area contributed by atoms with Crippen LogP contribution in [-0.2, 0) is 18.4 Å². The molecule has 2 fully saturated rings. The first-order valence-electron chi connectivity index (χ1n) is 10.6. The number of likely N-dealkylation sites (N-methyl/N-ethyl adjacent to an activating group) is 1. The van der Waals surface area contributed by atoms with Crippen LogP contribution < -0.4 is 0 Å². The fourth-order valence-corrected chi connectivity index (χ4v) is 4.73. The molecule has 1 aromatic heterocycles. The predicted octanol–water partition coefficient (Wildman–Crippen LogP) is 2.48. The molecule has 1 aliphatic heterocycles. The highest BCUT2D eigenvalue weighted by atomic mass is 16.3. The fraction of sp³-hybridized carbons (Fsp3) is 0.810. The molecule has 1 saturated heterocycles. The van der Waals surface area contributed by atoms with Crippen LogP contribution in [0.4, 0.5) is 0 Å². The number of carbonyl (C=O) groups is 1. The predicted molar refractivity (Wildman–Crippen MR) is 106 cm³/mol. The van der Waals surface area contributed by atoms with Crippen LogP contribution in [0.15, 0.2) is 6.20 Å². The Balaban J connectivity index is 1.55. The average molecular weight is 377 g/mol. The van der Waals surface area contributed by atoms with E-state index in [0.717, 1.165) is 43.1 Å². The second kappa shape index (κ2) is 8.74. The Bertz CT molecular complexity index is 638. The molecule has 27 heavy (non-hydrogen) atoms. The highest BCUT2D eigenvalue weighted by Gasteiger charge is 2.42. The summed E-state index contributed by atoms with van der Waals surface area (Å²) in [7, 11) is 3.90. The monoisotopic (exact) mass is 376 g/mol. The number of aliphatic hydroxyl groups is 1. The summed E-state index contributed by atoms with van der Waals surface area (Å²) >= 11 is 0. The van der Waals surface area contributed by atoms with Gasteiger partial charge in [0.1, 0.15) is 0 Å². The molecule has 1 aliphatic carbocycles. The topological polar surface area (TPSA) is 61.6 Å². The molecule has 0 bridgehead atoms. The van der Waals surface area contributed by atoms with E-state index in [9.17, 15) is 9.90 Å². The van der Waals surface area contributed by atoms with Crippen molar-refractivity contribution >= 4 is 5.91 Å². The fourth-order valence-electron chi connectivity index (χ4n) is 4.73. The molecular formula is C21H36N4O2. The first-order chi connectivity index (χ1) is 12.9. The summed E-state index contributed by atoms with van der Waals surface area (Å²) in [6.45, 7) is 4.71. The number of hydrogen-bond acceptors (Lipinski definition) is 4. The molecule has 1 amide bonds. The summed E-state index contributed by atoms with van der Waals surface area (Å²) in [6, 6.07) is 0. The highest BCUT2D eigenvalue weighted by molar-refractivity contribution is 5.86. The van der Waals surface area contributed by atoms with Crippen LogP contribution in [0.25, 0.3) is 0 Å². The lowest BCUT2D eigenvalue weighted by molar-refractivity contribution is -0.159. The number of carbonyl (C=O) groups excluding carboxylic acids is 1. The number of aromatic nitrogens is 2. The van der Waals surface area contributed by atoms with Gasteiger partial charge in [0, 0.05) is 44.5 Å². The summed E-state index contributed by atoms with van der Waals surface area (Å²) in [5, 5.41) is 15.4. The third kappa shape index (κ3) is 4.91. The number of amides is 1. The van der Waals surface area contributed by atoms with Gasteiger partial charge in [0.15, 0.2) is 5.60 Å². The molecule has 1 N–H and O–H groups in total. The molecular weight excluding hydrogens is 340 g/mol. The Morgan fingerprint density at radius 1 is 1.30 bits per heavy atom. The van der Waals surface area contributed by atoms with Crippen molar-refractivity contribution in [3.63, 3.8) is 0 Å². The van der Waals surface area contributed by atoms with Crippen LogP contribution in [0, 0.1) is 12.8 Å². The number of rotatable bonds is 7. The number of piperidine rings is 1. The van der Waals surface area contributed by atoms with Crippen molar-refractivity contribution in [2.45, 2.75) is 70.4 Å². The lowest BCUT2D eigenvalue weighted by atomic mass is 9.86. The zero-order valence-corrected chi connectivity index (χ0v) is 17.3. The maximum Gasteiger partial charge on any atom is 0.255 e. The minimum absolute atomic E-state index is 0.0701. The molecule has 0 radical (unpaired) electrons. The Morgan fingerprint density at radius 2 is 2.04 bits per heavy atom. The van der Waals surface area contributed by atoms with Crippen LogP contribution in [0.5, 0.6) is 0 Å². The molecule has 0 spiro atoms. The zero-order valence-electron chi connectivity index (χ0n) is 17.3. The Kier molecular flexibility index (Phi) is 6.58. The number of hydrogen-bond donors (Lipinski definition) is 1. The molecule has 6 nitrogen and oxygen atoms in total. The minimum Gasteiger partial charge on any atom is -0.379 e. The lowest BCUT2D eigenvalue weighted by Gasteiger charge is -2.40. The summed E-state index contributed by atoms with van der Waals surface area (Å²) < 4.78 is 1.86. The lowest BCUT2D eigenvalue weighted by Crippen LogP contribution is -2.58. The minimum atomic E-state index is -1.25. The van der Waals surface area contributed by atoms with Gasteiger partial charge in [-0.15, -0.1) is 0 Å². The van der Waals surface area contributed by atoms with Gasteiger partial charge >= 0.3 is 0 Å². The molecule has 2 aliphatic rings. The van der Waals surface area contributed by atoms with Crippen LogP contribution in [-0.4, -0.2) is 62.9 Å².